The monoisotopic (exact) mass is 282 g/mol. The van der Waals surface area contributed by atoms with Gasteiger partial charge in [-0.2, -0.15) is 0 Å². The first-order valence-corrected chi connectivity index (χ1v) is 7.74. The number of amides is 1. The normalized spacial score (nSPS) is 18.7. The van der Waals surface area contributed by atoms with Gasteiger partial charge in [0.15, 0.2) is 0 Å². The minimum atomic E-state index is 0.207. The first-order valence-electron chi connectivity index (χ1n) is 6.86. The van der Waals surface area contributed by atoms with Crippen LogP contribution in [-0.4, -0.2) is 43.7 Å². The summed E-state index contributed by atoms with van der Waals surface area (Å²) < 4.78 is 5.65. The SMILES string of the molecule is CNCCC(=O)N(Cc1cccs1)CC1CCCO1. The summed E-state index contributed by atoms with van der Waals surface area (Å²) in [4.78, 5) is 15.4. The van der Waals surface area contributed by atoms with Gasteiger partial charge in [-0.3, -0.25) is 4.79 Å². The van der Waals surface area contributed by atoms with Crippen molar-refractivity contribution in [1.82, 2.24) is 10.2 Å². The fourth-order valence-corrected chi connectivity index (χ4v) is 2.99. The second-order valence-corrected chi connectivity index (χ2v) is 5.87. The molecule has 4 nitrogen and oxygen atoms in total. The summed E-state index contributed by atoms with van der Waals surface area (Å²) in [6, 6.07) is 4.11. The van der Waals surface area contributed by atoms with Gasteiger partial charge in [-0.05, 0) is 31.3 Å². The molecule has 0 saturated carbocycles. The van der Waals surface area contributed by atoms with Crippen LogP contribution >= 0.6 is 11.3 Å². The third kappa shape index (κ3) is 4.60. The topological polar surface area (TPSA) is 41.6 Å². The Morgan fingerprint density at radius 3 is 3.16 bits per heavy atom. The van der Waals surface area contributed by atoms with Crippen molar-refractivity contribution in [1.29, 1.82) is 0 Å². The Morgan fingerprint density at radius 2 is 2.53 bits per heavy atom. The van der Waals surface area contributed by atoms with Gasteiger partial charge in [-0.1, -0.05) is 6.07 Å². The number of carbonyl (C=O) groups excluding carboxylic acids is 1. The van der Waals surface area contributed by atoms with Crippen molar-refractivity contribution in [2.24, 2.45) is 0 Å². The number of hydrogen-bond acceptors (Lipinski definition) is 4. The molecule has 19 heavy (non-hydrogen) atoms. The van der Waals surface area contributed by atoms with Gasteiger partial charge in [0, 0.05) is 31.0 Å². The summed E-state index contributed by atoms with van der Waals surface area (Å²) in [6.07, 6.45) is 2.95. The van der Waals surface area contributed by atoms with E-state index in [0.29, 0.717) is 13.0 Å². The third-order valence-electron chi connectivity index (χ3n) is 3.32. The summed E-state index contributed by atoms with van der Waals surface area (Å²) in [7, 11) is 1.87. The zero-order valence-electron chi connectivity index (χ0n) is 11.4. The molecule has 2 heterocycles. The van der Waals surface area contributed by atoms with E-state index in [-0.39, 0.29) is 12.0 Å². The van der Waals surface area contributed by atoms with E-state index < -0.39 is 0 Å². The predicted octanol–water partition coefficient (Wildman–Crippen LogP) is 1.87. The Labute approximate surface area is 118 Å². The first-order chi connectivity index (χ1) is 9.29. The number of rotatable bonds is 7. The van der Waals surface area contributed by atoms with Crippen LogP contribution in [0.5, 0.6) is 0 Å². The van der Waals surface area contributed by atoms with Crippen molar-refractivity contribution in [3.8, 4) is 0 Å². The minimum Gasteiger partial charge on any atom is -0.376 e. The first kappa shape index (κ1) is 14.5. The Bertz CT molecular complexity index is 375. The Morgan fingerprint density at radius 1 is 1.63 bits per heavy atom. The van der Waals surface area contributed by atoms with Gasteiger partial charge in [0.05, 0.1) is 12.6 Å². The maximum atomic E-state index is 12.3. The predicted molar refractivity (Wildman–Crippen MR) is 77.3 cm³/mol. The summed E-state index contributed by atoms with van der Waals surface area (Å²) in [5, 5.41) is 5.08. The van der Waals surface area contributed by atoms with E-state index in [9.17, 15) is 4.79 Å². The van der Waals surface area contributed by atoms with Crippen LogP contribution in [0.2, 0.25) is 0 Å². The molecule has 1 aromatic rings. The molecule has 0 bridgehead atoms. The average molecular weight is 282 g/mol. The molecule has 0 spiro atoms. The Balaban J connectivity index is 1.92. The van der Waals surface area contributed by atoms with Crippen molar-refractivity contribution in [2.45, 2.75) is 31.9 Å². The van der Waals surface area contributed by atoms with Crippen molar-refractivity contribution < 1.29 is 9.53 Å². The molecule has 5 heteroatoms. The van der Waals surface area contributed by atoms with E-state index in [4.69, 9.17) is 4.74 Å². The highest BCUT2D eigenvalue weighted by Crippen LogP contribution is 2.17. The Kier molecular flexibility index (Phi) is 5.82. The van der Waals surface area contributed by atoms with Crippen LogP contribution in [0.4, 0.5) is 0 Å². The van der Waals surface area contributed by atoms with Gasteiger partial charge in [0.1, 0.15) is 0 Å². The Hall–Kier alpha value is -0.910. The average Bonchev–Trinajstić information content (AvgIpc) is 3.08. The molecule has 2 rings (SSSR count). The molecule has 0 aromatic carbocycles. The standard InChI is InChI=1S/C14H22N2O2S/c1-15-7-6-14(17)16(10-12-4-2-8-18-12)11-13-5-3-9-19-13/h3,5,9,12,15H,2,4,6-8,10-11H2,1H3. The zero-order valence-corrected chi connectivity index (χ0v) is 12.2. The molecule has 106 valence electrons. The molecule has 1 saturated heterocycles. The number of nitrogens with one attached hydrogen (secondary N) is 1. The fraction of sp³-hybridized carbons (Fsp3) is 0.643. The highest BCUT2D eigenvalue weighted by Gasteiger charge is 2.22. The highest BCUT2D eigenvalue weighted by molar-refractivity contribution is 7.09. The molecule has 0 radical (unpaired) electrons. The maximum Gasteiger partial charge on any atom is 0.224 e. The lowest BCUT2D eigenvalue weighted by Gasteiger charge is -2.25. The molecular weight excluding hydrogens is 260 g/mol. The van der Waals surface area contributed by atoms with Crippen molar-refractivity contribution in [3.63, 3.8) is 0 Å². The number of hydrogen-bond donors (Lipinski definition) is 1. The van der Waals surface area contributed by atoms with E-state index >= 15 is 0 Å². The molecule has 1 aliphatic rings. The zero-order chi connectivity index (χ0) is 13.5. The van der Waals surface area contributed by atoms with Crippen LogP contribution in [-0.2, 0) is 16.1 Å². The van der Waals surface area contributed by atoms with Crippen molar-refractivity contribution in [2.75, 3.05) is 26.7 Å². The molecule has 1 amide bonds. The summed E-state index contributed by atoms with van der Waals surface area (Å²) in [6.45, 7) is 2.99. The molecule has 1 unspecified atom stereocenters. The summed E-state index contributed by atoms with van der Waals surface area (Å²) in [5.74, 6) is 0.207. The van der Waals surface area contributed by atoms with Gasteiger partial charge in [0.2, 0.25) is 5.91 Å². The lowest BCUT2D eigenvalue weighted by atomic mass is 10.2. The number of nitrogens with zero attached hydrogens (tertiary/aromatic N) is 1. The number of carbonyl (C=O) groups is 1. The van der Waals surface area contributed by atoms with Crippen molar-refractivity contribution >= 4 is 17.2 Å². The van der Waals surface area contributed by atoms with E-state index in [0.717, 1.165) is 32.5 Å². The van der Waals surface area contributed by atoms with Gasteiger partial charge in [-0.25, -0.2) is 0 Å². The van der Waals surface area contributed by atoms with E-state index in [2.05, 4.69) is 16.8 Å². The maximum absolute atomic E-state index is 12.3. The van der Waals surface area contributed by atoms with Gasteiger partial charge in [0.25, 0.3) is 0 Å². The molecule has 0 aliphatic carbocycles. The molecular formula is C14H22N2O2S. The van der Waals surface area contributed by atoms with Crippen LogP contribution in [0.3, 0.4) is 0 Å². The third-order valence-corrected chi connectivity index (χ3v) is 4.18. The number of thiophene rings is 1. The second kappa shape index (κ2) is 7.62. The number of ether oxygens (including phenoxy) is 1. The van der Waals surface area contributed by atoms with Gasteiger partial charge >= 0.3 is 0 Å². The molecule has 1 atom stereocenters. The molecule has 1 fully saturated rings. The van der Waals surface area contributed by atoms with Crippen LogP contribution in [0.15, 0.2) is 17.5 Å². The fourth-order valence-electron chi connectivity index (χ4n) is 2.27. The lowest BCUT2D eigenvalue weighted by Crippen LogP contribution is -2.37. The largest absolute Gasteiger partial charge is 0.376 e. The van der Waals surface area contributed by atoms with Crippen LogP contribution in [0.1, 0.15) is 24.1 Å². The summed E-state index contributed by atoms with van der Waals surface area (Å²) >= 11 is 1.70. The van der Waals surface area contributed by atoms with Gasteiger partial charge in [-0.15, -0.1) is 11.3 Å². The minimum absolute atomic E-state index is 0.207. The smallest absolute Gasteiger partial charge is 0.224 e. The summed E-state index contributed by atoms with van der Waals surface area (Å²) in [5.41, 5.74) is 0. The van der Waals surface area contributed by atoms with Crippen LogP contribution in [0, 0.1) is 0 Å². The highest BCUT2D eigenvalue weighted by atomic mass is 32.1. The quantitative estimate of drug-likeness (QED) is 0.830. The van der Waals surface area contributed by atoms with Crippen molar-refractivity contribution in [3.05, 3.63) is 22.4 Å². The molecule has 1 N–H and O–H groups in total. The molecule has 1 aromatic heterocycles. The molecule has 1 aliphatic heterocycles. The van der Waals surface area contributed by atoms with Gasteiger partial charge < -0.3 is 15.0 Å². The lowest BCUT2D eigenvalue weighted by molar-refractivity contribution is -0.133. The van der Waals surface area contributed by atoms with Crippen LogP contribution in [0.25, 0.3) is 0 Å². The van der Waals surface area contributed by atoms with E-state index in [1.807, 2.05) is 18.0 Å². The van der Waals surface area contributed by atoms with E-state index in [1.165, 1.54) is 4.88 Å². The second-order valence-electron chi connectivity index (χ2n) is 4.84. The van der Waals surface area contributed by atoms with Crippen LogP contribution < -0.4 is 5.32 Å². The van der Waals surface area contributed by atoms with E-state index in [1.54, 1.807) is 11.3 Å².